The molecule has 0 amide bonds. The average molecular weight is 148 g/mol. The monoisotopic (exact) mass is 148 g/mol. The van der Waals surface area contributed by atoms with E-state index in [4.69, 9.17) is 16.6 Å². The van der Waals surface area contributed by atoms with Crippen molar-refractivity contribution in [3.8, 4) is 0 Å². The van der Waals surface area contributed by atoms with Gasteiger partial charge in [0, 0.05) is 19.4 Å². The quantitative estimate of drug-likeness (QED) is 0.283. The van der Waals surface area contributed by atoms with Crippen molar-refractivity contribution in [3.63, 3.8) is 0 Å². The van der Waals surface area contributed by atoms with E-state index >= 15 is 0 Å². The number of aliphatic hydroxyl groups excluding tert-OH is 1. The fourth-order valence-corrected chi connectivity index (χ4v) is 0.595. The molecule has 2 atom stereocenters. The maximum Gasteiger partial charge on any atom is 0.121 e. The van der Waals surface area contributed by atoms with Crippen LogP contribution in [0.4, 0.5) is 0 Å². The molecule has 0 heterocycles. The van der Waals surface area contributed by atoms with E-state index in [9.17, 15) is 0 Å². The zero-order valence-corrected chi connectivity index (χ0v) is 6.17. The number of hydrogen-bond donors (Lipinski definition) is 5. The molecule has 10 heavy (non-hydrogen) atoms. The molecule has 2 unspecified atom stereocenters. The number of nitrogens with two attached hydrogens (primary N) is 2. The molecule has 7 N–H and O–H groups in total. The summed E-state index contributed by atoms with van der Waals surface area (Å²) >= 11 is 0. The lowest BCUT2D eigenvalue weighted by Gasteiger charge is -2.19. The summed E-state index contributed by atoms with van der Waals surface area (Å²) < 4.78 is 0. The van der Waals surface area contributed by atoms with Crippen molar-refractivity contribution in [1.82, 2.24) is 10.6 Å². The summed E-state index contributed by atoms with van der Waals surface area (Å²) in [6.07, 6.45) is -0.631. The summed E-state index contributed by atoms with van der Waals surface area (Å²) in [6.45, 7) is 2.43. The van der Waals surface area contributed by atoms with Crippen LogP contribution in [0.15, 0.2) is 0 Å². The molecule has 0 aromatic heterocycles. The Morgan fingerprint density at radius 3 is 2.20 bits per heavy atom. The van der Waals surface area contributed by atoms with Crippen molar-refractivity contribution in [2.75, 3.05) is 13.3 Å². The summed E-state index contributed by atoms with van der Waals surface area (Å²) in [5, 5.41) is 14.6. The highest BCUT2D eigenvalue weighted by Crippen LogP contribution is 1.84. The van der Waals surface area contributed by atoms with Crippen molar-refractivity contribution in [2.45, 2.75) is 19.2 Å². The average Bonchev–Trinajstić information content (AvgIpc) is 1.89. The summed E-state index contributed by atoms with van der Waals surface area (Å²) in [6, 6.07) is -0.0754. The lowest BCUT2D eigenvalue weighted by molar-refractivity contribution is 0.102. The molecule has 0 spiro atoms. The van der Waals surface area contributed by atoms with E-state index < -0.39 is 6.23 Å². The topological polar surface area (TPSA) is 96.3 Å². The number of rotatable bonds is 5. The first-order chi connectivity index (χ1) is 4.72. The van der Waals surface area contributed by atoms with E-state index in [0.29, 0.717) is 6.67 Å². The Morgan fingerprint density at radius 2 is 1.80 bits per heavy atom. The molecule has 0 radical (unpaired) electrons. The Kier molecular flexibility index (Phi) is 5.46. The van der Waals surface area contributed by atoms with Crippen molar-refractivity contribution < 1.29 is 5.11 Å². The van der Waals surface area contributed by atoms with E-state index in [0.717, 1.165) is 0 Å². The molecule has 0 aliphatic carbocycles. The first kappa shape index (κ1) is 9.80. The van der Waals surface area contributed by atoms with Crippen LogP contribution in [0.1, 0.15) is 6.92 Å². The second-order valence-electron chi connectivity index (χ2n) is 2.05. The number of nitrogens with one attached hydrogen (secondary N) is 2. The Morgan fingerprint density at radius 1 is 1.30 bits per heavy atom. The second-order valence-corrected chi connectivity index (χ2v) is 2.05. The van der Waals surface area contributed by atoms with Gasteiger partial charge in [-0.1, -0.05) is 0 Å². The smallest absolute Gasteiger partial charge is 0.121 e. The van der Waals surface area contributed by atoms with Crippen LogP contribution in [0.3, 0.4) is 0 Å². The Hall–Kier alpha value is -0.200. The van der Waals surface area contributed by atoms with Gasteiger partial charge >= 0.3 is 0 Å². The molecule has 5 heteroatoms. The maximum absolute atomic E-state index is 9.14. The van der Waals surface area contributed by atoms with Crippen LogP contribution in [0.25, 0.3) is 0 Å². The van der Waals surface area contributed by atoms with Crippen molar-refractivity contribution in [3.05, 3.63) is 0 Å². The Bertz CT molecular complexity index is 70.0. The van der Waals surface area contributed by atoms with Gasteiger partial charge in [0.2, 0.25) is 0 Å². The third kappa shape index (κ3) is 3.76. The lowest BCUT2D eigenvalue weighted by Crippen LogP contribution is -2.49. The summed E-state index contributed by atoms with van der Waals surface area (Å²) in [5.41, 5.74) is 10.3. The molecule has 0 saturated carbocycles. The summed E-state index contributed by atoms with van der Waals surface area (Å²) in [4.78, 5) is 0. The molecule has 0 aromatic rings. The van der Waals surface area contributed by atoms with Crippen LogP contribution in [-0.4, -0.2) is 30.7 Å². The van der Waals surface area contributed by atoms with Crippen LogP contribution in [0, 0.1) is 0 Å². The highest BCUT2D eigenvalue weighted by molar-refractivity contribution is 4.66. The summed E-state index contributed by atoms with van der Waals surface area (Å²) in [5.74, 6) is 0. The minimum absolute atomic E-state index is 0.0754. The summed E-state index contributed by atoms with van der Waals surface area (Å²) in [7, 11) is 0. The van der Waals surface area contributed by atoms with Crippen molar-refractivity contribution in [2.24, 2.45) is 11.5 Å². The first-order valence-corrected chi connectivity index (χ1v) is 3.27. The van der Waals surface area contributed by atoms with Gasteiger partial charge < -0.3 is 16.6 Å². The molecular weight excluding hydrogens is 132 g/mol. The predicted molar refractivity (Wildman–Crippen MR) is 39.8 cm³/mol. The minimum atomic E-state index is -0.631. The van der Waals surface area contributed by atoms with E-state index in [-0.39, 0.29) is 12.7 Å². The highest BCUT2D eigenvalue weighted by Gasteiger charge is 2.09. The predicted octanol–water partition coefficient (Wildman–Crippen LogP) is -2.30. The van der Waals surface area contributed by atoms with Gasteiger partial charge in [0.25, 0.3) is 0 Å². The van der Waals surface area contributed by atoms with Crippen LogP contribution < -0.4 is 22.1 Å². The zero-order chi connectivity index (χ0) is 7.98. The van der Waals surface area contributed by atoms with Crippen LogP contribution in [-0.2, 0) is 0 Å². The molecule has 0 bridgehead atoms. The molecule has 0 aromatic carbocycles. The maximum atomic E-state index is 9.14. The second kappa shape index (κ2) is 5.57. The Labute approximate surface area is 60.8 Å². The molecular formula is C5H16N4O. The van der Waals surface area contributed by atoms with Crippen molar-refractivity contribution >= 4 is 0 Å². The van der Waals surface area contributed by atoms with Gasteiger partial charge in [0.1, 0.15) is 6.23 Å². The minimum Gasteiger partial charge on any atom is -0.377 e. The van der Waals surface area contributed by atoms with Gasteiger partial charge in [0.05, 0.1) is 0 Å². The molecule has 62 valence electrons. The largest absolute Gasteiger partial charge is 0.377 e. The highest BCUT2D eigenvalue weighted by atomic mass is 16.3. The van der Waals surface area contributed by atoms with E-state index in [1.807, 2.05) is 6.92 Å². The number of aliphatic hydroxyl groups is 1. The fraction of sp³-hybridized carbons (Fsp3) is 1.00. The van der Waals surface area contributed by atoms with Gasteiger partial charge in [0.15, 0.2) is 0 Å². The van der Waals surface area contributed by atoms with Crippen LogP contribution in [0.5, 0.6) is 0 Å². The zero-order valence-electron chi connectivity index (χ0n) is 6.17. The molecule has 0 rings (SSSR count). The van der Waals surface area contributed by atoms with Gasteiger partial charge in [-0.05, 0) is 6.92 Å². The SMILES string of the molecule is CC(NCN)C(O)NCN. The molecule has 0 aliphatic rings. The van der Waals surface area contributed by atoms with Gasteiger partial charge in [-0.25, -0.2) is 0 Å². The third-order valence-corrected chi connectivity index (χ3v) is 1.24. The van der Waals surface area contributed by atoms with E-state index in [1.165, 1.54) is 0 Å². The first-order valence-electron chi connectivity index (χ1n) is 3.27. The standard InChI is InChI=1S/C5H16N4O/c1-4(8-2-6)5(10)9-3-7/h4-5,8-10H,2-3,6-7H2,1H3. The van der Waals surface area contributed by atoms with Crippen LogP contribution >= 0.6 is 0 Å². The third-order valence-electron chi connectivity index (χ3n) is 1.24. The lowest BCUT2D eigenvalue weighted by atomic mass is 10.3. The van der Waals surface area contributed by atoms with Crippen molar-refractivity contribution in [1.29, 1.82) is 0 Å². The van der Waals surface area contributed by atoms with Crippen LogP contribution in [0.2, 0.25) is 0 Å². The number of hydrogen-bond acceptors (Lipinski definition) is 5. The molecule has 0 aliphatic heterocycles. The normalized spacial score (nSPS) is 16.8. The fourth-order valence-electron chi connectivity index (χ4n) is 0.595. The van der Waals surface area contributed by atoms with Gasteiger partial charge in [-0.15, -0.1) is 0 Å². The Balaban J connectivity index is 3.38. The molecule has 0 saturated heterocycles. The van der Waals surface area contributed by atoms with E-state index in [2.05, 4.69) is 10.6 Å². The van der Waals surface area contributed by atoms with Gasteiger partial charge in [-0.3, -0.25) is 10.6 Å². The molecule has 5 nitrogen and oxygen atoms in total. The van der Waals surface area contributed by atoms with Gasteiger partial charge in [-0.2, -0.15) is 0 Å². The molecule has 0 fully saturated rings. The van der Waals surface area contributed by atoms with E-state index in [1.54, 1.807) is 0 Å².